The standard InChI is InChI=1S/C21H25FN2O/c1-16-5-7-17(8-6-16)15-24-11-9-19(10-12-24)21(25)23-14-18-3-2-4-20(22)13-18/h2-8,13,19H,9-12,14-15H2,1H3,(H,23,25). The van der Waals surface area contributed by atoms with Crippen molar-refractivity contribution in [3.05, 3.63) is 71.0 Å². The van der Waals surface area contributed by atoms with Crippen molar-refractivity contribution in [1.29, 1.82) is 0 Å². The van der Waals surface area contributed by atoms with Crippen LogP contribution in [0.2, 0.25) is 0 Å². The van der Waals surface area contributed by atoms with E-state index in [0.29, 0.717) is 6.54 Å². The van der Waals surface area contributed by atoms with Crippen LogP contribution in [0.1, 0.15) is 29.5 Å². The Kier molecular flexibility index (Phi) is 5.82. The van der Waals surface area contributed by atoms with Gasteiger partial charge in [-0.1, -0.05) is 42.0 Å². The molecule has 0 saturated carbocycles. The monoisotopic (exact) mass is 340 g/mol. The number of hydrogen-bond acceptors (Lipinski definition) is 2. The Morgan fingerprint density at radius 1 is 1.12 bits per heavy atom. The van der Waals surface area contributed by atoms with Crippen LogP contribution in [0, 0.1) is 18.7 Å². The highest BCUT2D eigenvalue weighted by atomic mass is 19.1. The number of rotatable bonds is 5. The van der Waals surface area contributed by atoms with Gasteiger partial charge in [0, 0.05) is 19.0 Å². The number of carbonyl (C=O) groups is 1. The molecule has 0 radical (unpaired) electrons. The summed E-state index contributed by atoms with van der Waals surface area (Å²) in [4.78, 5) is 14.7. The van der Waals surface area contributed by atoms with Gasteiger partial charge in [-0.3, -0.25) is 9.69 Å². The minimum atomic E-state index is -0.267. The molecule has 25 heavy (non-hydrogen) atoms. The van der Waals surface area contributed by atoms with Crippen LogP contribution in [0.3, 0.4) is 0 Å². The topological polar surface area (TPSA) is 32.3 Å². The lowest BCUT2D eigenvalue weighted by Crippen LogP contribution is -2.40. The van der Waals surface area contributed by atoms with Gasteiger partial charge in [0.25, 0.3) is 0 Å². The first-order chi connectivity index (χ1) is 12.1. The van der Waals surface area contributed by atoms with Crippen LogP contribution in [0.15, 0.2) is 48.5 Å². The quantitative estimate of drug-likeness (QED) is 0.901. The lowest BCUT2D eigenvalue weighted by atomic mass is 9.95. The minimum absolute atomic E-state index is 0.0582. The zero-order valence-electron chi connectivity index (χ0n) is 14.7. The van der Waals surface area contributed by atoms with Gasteiger partial charge < -0.3 is 5.32 Å². The van der Waals surface area contributed by atoms with Crippen LogP contribution < -0.4 is 5.32 Å². The summed E-state index contributed by atoms with van der Waals surface area (Å²) in [5.41, 5.74) is 3.39. The molecule has 4 heteroatoms. The van der Waals surface area contributed by atoms with Crippen molar-refractivity contribution >= 4 is 5.91 Å². The van der Waals surface area contributed by atoms with E-state index in [2.05, 4.69) is 41.4 Å². The largest absolute Gasteiger partial charge is 0.352 e. The molecule has 0 aromatic heterocycles. The van der Waals surface area contributed by atoms with Gasteiger partial charge in [0.05, 0.1) is 0 Å². The maximum absolute atomic E-state index is 13.2. The van der Waals surface area contributed by atoms with Crippen LogP contribution in [-0.4, -0.2) is 23.9 Å². The van der Waals surface area contributed by atoms with Gasteiger partial charge in [0.2, 0.25) is 5.91 Å². The van der Waals surface area contributed by atoms with Crippen LogP contribution in [0.4, 0.5) is 4.39 Å². The Labute approximate surface area is 148 Å². The molecule has 0 atom stereocenters. The molecule has 132 valence electrons. The second-order valence-electron chi connectivity index (χ2n) is 6.88. The fourth-order valence-corrected chi connectivity index (χ4v) is 3.29. The summed E-state index contributed by atoms with van der Waals surface area (Å²) >= 11 is 0. The second-order valence-corrected chi connectivity index (χ2v) is 6.88. The molecule has 0 aliphatic carbocycles. The van der Waals surface area contributed by atoms with E-state index < -0.39 is 0 Å². The summed E-state index contributed by atoms with van der Waals surface area (Å²) in [5, 5.41) is 2.94. The number of amides is 1. The molecule has 3 nitrogen and oxygen atoms in total. The Bertz CT molecular complexity index is 706. The lowest BCUT2D eigenvalue weighted by molar-refractivity contribution is -0.126. The number of benzene rings is 2. The number of aryl methyl sites for hydroxylation is 1. The van der Waals surface area contributed by atoms with E-state index in [4.69, 9.17) is 0 Å². The second kappa shape index (κ2) is 8.26. The van der Waals surface area contributed by atoms with Crippen molar-refractivity contribution in [2.75, 3.05) is 13.1 Å². The summed E-state index contributed by atoms with van der Waals surface area (Å²) in [6.45, 7) is 5.30. The summed E-state index contributed by atoms with van der Waals surface area (Å²) in [6.07, 6.45) is 1.75. The molecule has 0 bridgehead atoms. The first kappa shape index (κ1) is 17.6. The molecule has 2 aromatic rings. The van der Waals surface area contributed by atoms with Crippen LogP contribution in [-0.2, 0) is 17.9 Å². The van der Waals surface area contributed by atoms with E-state index in [9.17, 15) is 9.18 Å². The van der Waals surface area contributed by atoms with Gasteiger partial charge in [-0.2, -0.15) is 0 Å². The number of hydrogen-bond donors (Lipinski definition) is 1. The predicted octanol–water partition coefficient (Wildman–Crippen LogP) is 3.66. The predicted molar refractivity (Wildman–Crippen MR) is 97.4 cm³/mol. The van der Waals surface area contributed by atoms with Gasteiger partial charge in [0.1, 0.15) is 5.82 Å². The SMILES string of the molecule is Cc1ccc(CN2CCC(C(=O)NCc3cccc(F)c3)CC2)cc1. The van der Waals surface area contributed by atoms with Gasteiger partial charge in [0.15, 0.2) is 0 Å². The van der Waals surface area contributed by atoms with Crippen LogP contribution in [0.5, 0.6) is 0 Å². The van der Waals surface area contributed by atoms with Crippen molar-refractivity contribution < 1.29 is 9.18 Å². The first-order valence-electron chi connectivity index (χ1n) is 8.90. The fraction of sp³-hybridized carbons (Fsp3) is 0.381. The Morgan fingerprint density at radius 2 is 1.84 bits per heavy atom. The summed E-state index contributed by atoms with van der Waals surface area (Å²) < 4.78 is 13.2. The smallest absolute Gasteiger partial charge is 0.223 e. The number of piperidine rings is 1. The number of carbonyl (C=O) groups excluding carboxylic acids is 1. The molecule has 1 fully saturated rings. The fourth-order valence-electron chi connectivity index (χ4n) is 3.29. The van der Waals surface area contributed by atoms with Gasteiger partial charge >= 0.3 is 0 Å². The average Bonchev–Trinajstić information content (AvgIpc) is 2.62. The molecule has 3 rings (SSSR count). The molecule has 1 heterocycles. The van der Waals surface area contributed by atoms with Gasteiger partial charge in [-0.05, 0) is 56.1 Å². The molecule has 1 aliphatic heterocycles. The first-order valence-corrected chi connectivity index (χ1v) is 8.90. The van der Waals surface area contributed by atoms with Crippen molar-refractivity contribution in [3.63, 3.8) is 0 Å². The summed E-state index contributed by atoms with van der Waals surface area (Å²) in [6, 6.07) is 15.0. The van der Waals surface area contributed by atoms with Crippen molar-refractivity contribution in [2.24, 2.45) is 5.92 Å². The molecule has 1 N–H and O–H groups in total. The average molecular weight is 340 g/mol. The molecule has 1 saturated heterocycles. The third-order valence-electron chi connectivity index (χ3n) is 4.84. The van der Waals surface area contributed by atoms with Crippen LogP contribution >= 0.6 is 0 Å². The van der Waals surface area contributed by atoms with E-state index >= 15 is 0 Å². The Morgan fingerprint density at radius 3 is 2.52 bits per heavy atom. The molecule has 2 aromatic carbocycles. The van der Waals surface area contributed by atoms with E-state index in [-0.39, 0.29) is 17.6 Å². The van der Waals surface area contributed by atoms with Crippen LogP contribution in [0.25, 0.3) is 0 Å². The minimum Gasteiger partial charge on any atom is -0.352 e. The Balaban J connectivity index is 1.43. The third-order valence-corrected chi connectivity index (χ3v) is 4.84. The van der Waals surface area contributed by atoms with Gasteiger partial charge in [-0.25, -0.2) is 4.39 Å². The van der Waals surface area contributed by atoms with E-state index in [1.54, 1.807) is 6.07 Å². The van der Waals surface area contributed by atoms with E-state index in [1.165, 1.54) is 23.3 Å². The lowest BCUT2D eigenvalue weighted by Gasteiger charge is -2.31. The highest BCUT2D eigenvalue weighted by molar-refractivity contribution is 5.78. The number of nitrogens with zero attached hydrogens (tertiary/aromatic N) is 1. The maximum Gasteiger partial charge on any atom is 0.223 e. The molecule has 0 unspecified atom stereocenters. The maximum atomic E-state index is 13.2. The number of likely N-dealkylation sites (tertiary alicyclic amines) is 1. The molecule has 1 aliphatic rings. The molecular weight excluding hydrogens is 315 g/mol. The summed E-state index contributed by atoms with van der Waals surface area (Å²) in [7, 11) is 0. The highest BCUT2D eigenvalue weighted by Gasteiger charge is 2.24. The zero-order chi connectivity index (χ0) is 17.6. The van der Waals surface area contributed by atoms with Crippen molar-refractivity contribution in [3.8, 4) is 0 Å². The zero-order valence-corrected chi connectivity index (χ0v) is 14.7. The summed E-state index contributed by atoms with van der Waals surface area (Å²) in [5.74, 6) is -0.127. The van der Waals surface area contributed by atoms with Crippen molar-refractivity contribution in [2.45, 2.75) is 32.9 Å². The molecule has 1 amide bonds. The molecular formula is C21H25FN2O. The number of halogens is 1. The van der Waals surface area contributed by atoms with Gasteiger partial charge in [-0.15, -0.1) is 0 Å². The third kappa shape index (κ3) is 5.13. The normalized spacial score (nSPS) is 15.9. The Hall–Kier alpha value is -2.20. The molecule has 0 spiro atoms. The number of nitrogens with one attached hydrogen (secondary N) is 1. The van der Waals surface area contributed by atoms with E-state index in [1.807, 2.05) is 6.07 Å². The van der Waals surface area contributed by atoms with E-state index in [0.717, 1.165) is 38.0 Å². The highest BCUT2D eigenvalue weighted by Crippen LogP contribution is 2.19. The van der Waals surface area contributed by atoms with Crippen molar-refractivity contribution in [1.82, 2.24) is 10.2 Å².